The van der Waals surface area contributed by atoms with Gasteiger partial charge < -0.3 is 5.11 Å². The zero-order chi connectivity index (χ0) is 46.9. The summed E-state index contributed by atoms with van der Waals surface area (Å²) in [6, 6.07) is 2.74. The lowest BCUT2D eigenvalue weighted by molar-refractivity contribution is 0.0766. The Bertz CT molecular complexity index is 1470. The first-order valence-corrected chi connectivity index (χ1v) is 33.6. The number of rotatable bonds is 41. The molecule has 2 aromatic heterocycles. The van der Waals surface area contributed by atoms with E-state index >= 15 is 0 Å². The van der Waals surface area contributed by atoms with Gasteiger partial charge in [0.05, 0.1) is 5.60 Å². The molecule has 0 aromatic carbocycles. The maximum Gasteiger partial charge on any atom is 0.107 e. The molecule has 0 saturated carbocycles. The monoisotopic (exact) mass is 1050 g/mol. The van der Waals surface area contributed by atoms with Crippen molar-refractivity contribution in [3.8, 4) is 0 Å². The molecule has 3 rings (SSSR count). The lowest BCUT2D eigenvalue weighted by atomic mass is 9.74. The van der Waals surface area contributed by atoms with Crippen LogP contribution in [0.5, 0.6) is 0 Å². The summed E-state index contributed by atoms with van der Waals surface area (Å²) in [4.78, 5) is 1.53. The SMILES string of the molecule is CCCCCCCCCCC(O)(CCCCCCCCCC)C1=C(I)C(CCCCCCCCCC)(CCCCCCCCCC)c2c1sc1cc([Si](C(C)C)(C(C)C)C(C)C)sc21. The van der Waals surface area contributed by atoms with Crippen molar-refractivity contribution < 1.29 is 5.11 Å². The number of hydrogen-bond donors (Lipinski definition) is 1. The summed E-state index contributed by atoms with van der Waals surface area (Å²) in [6.07, 6.45) is 47.5. The number of hydrogen-bond acceptors (Lipinski definition) is 3. The van der Waals surface area contributed by atoms with Gasteiger partial charge in [0.25, 0.3) is 0 Å². The van der Waals surface area contributed by atoms with E-state index in [-0.39, 0.29) is 5.41 Å². The summed E-state index contributed by atoms with van der Waals surface area (Å²) >= 11 is 7.28. The average Bonchev–Trinajstić information content (AvgIpc) is 3.89. The molecule has 0 amide bonds. The van der Waals surface area contributed by atoms with E-state index in [4.69, 9.17) is 0 Å². The van der Waals surface area contributed by atoms with Crippen LogP contribution in [0.4, 0.5) is 0 Å². The molecule has 1 aliphatic carbocycles. The van der Waals surface area contributed by atoms with Gasteiger partial charge in [-0.2, -0.15) is 0 Å². The molecule has 1 N–H and O–H groups in total. The molecule has 0 fully saturated rings. The van der Waals surface area contributed by atoms with E-state index in [2.05, 4.69) is 121 Å². The van der Waals surface area contributed by atoms with Crippen LogP contribution >= 0.6 is 45.3 Å². The van der Waals surface area contributed by atoms with Crippen LogP contribution in [-0.4, -0.2) is 18.8 Å². The minimum Gasteiger partial charge on any atom is -0.385 e. The smallest absolute Gasteiger partial charge is 0.107 e. The van der Waals surface area contributed by atoms with Gasteiger partial charge in [0, 0.05) is 28.8 Å². The number of fused-ring (bicyclic) bond motifs is 3. The fourth-order valence-corrected chi connectivity index (χ4v) is 26.5. The van der Waals surface area contributed by atoms with Gasteiger partial charge >= 0.3 is 0 Å². The fourth-order valence-electron chi connectivity index (χ4n) is 12.6. The Morgan fingerprint density at radius 3 is 1.17 bits per heavy atom. The Hall–Kier alpha value is 0.307. The average molecular weight is 1050 g/mol. The summed E-state index contributed by atoms with van der Waals surface area (Å²) in [5, 5.41) is 13.6. The van der Waals surface area contributed by atoms with Crippen LogP contribution in [0.3, 0.4) is 0 Å². The minimum absolute atomic E-state index is 0.0419. The highest BCUT2D eigenvalue weighted by Crippen LogP contribution is 2.63. The van der Waals surface area contributed by atoms with Gasteiger partial charge in [0.1, 0.15) is 8.07 Å². The third-order valence-electron chi connectivity index (χ3n) is 16.3. The van der Waals surface area contributed by atoms with Crippen LogP contribution in [0.15, 0.2) is 9.65 Å². The van der Waals surface area contributed by atoms with Gasteiger partial charge in [-0.25, -0.2) is 0 Å². The molecule has 0 aliphatic heterocycles. The van der Waals surface area contributed by atoms with E-state index in [0.717, 1.165) is 25.7 Å². The number of thiophene rings is 2. The fraction of sp³-hybridized carbons (Fsp3) is 0.864. The Kier molecular flexibility index (Phi) is 29.5. The Morgan fingerprint density at radius 1 is 0.500 bits per heavy atom. The van der Waals surface area contributed by atoms with E-state index in [1.807, 2.05) is 0 Å². The molecular weight excluding hydrogens is 944 g/mol. The maximum atomic E-state index is 13.6. The molecule has 2 heterocycles. The third kappa shape index (κ3) is 16.7. The predicted molar refractivity (Wildman–Crippen MR) is 307 cm³/mol. The molecule has 0 saturated heterocycles. The van der Waals surface area contributed by atoms with E-state index in [1.165, 1.54) is 216 Å². The minimum atomic E-state index is -1.81. The molecule has 1 nitrogen and oxygen atoms in total. The van der Waals surface area contributed by atoms with Gasteiger partial charge in [0.2, 0.25) is 0 Å². The lowest BCUT2D eigenvalue weighted by Crippen LogP contribution is -2.54. The van der Waals surface area contributed by atoms with Gasteiger partial charge in [-0.15, -0.1) is 22.7 Å². The highest BCUT2D eigenvalue weighted by Gasteiger charge is 2.52. The second kappa shape index (κ2) is 32.2. The zero-order valence-corrected chi connectivity index (χ0v) is 49.2. The maximum absolute atomic E-state index is 13.6. The largest absolute Gasteiger partial charge is 0.385 e. The molecule has 0 atom stereocenters. The first-order chi connectivity index (χ1) is 30.9. The van der Waals surface area contributed by atoms with Crippen LogP contribution in [0.2, 0.25) is 16.6 Å². The number of unbranched alkanes of at least 4 members (excludes halogenated alkanes) is 28. The molecule has 64 heavy (non-hydrogen) atoms. The van der Waals surface area contributed by atoms with Gasteiger partial charge in [-0.3, -0.25) is 0 Å². The van der Waals surface area contributed by atoms with Gasteiger partial charge in [-0.1, -0.05) is 275 Å². The van der Waals surface area contributed by atoms with Crippen molar-refractivity contribution in [2.45, 2.75) is 328 Å². The molecule has 0 spiro atoms. The normalized spacial score (nSPS) is 14.5. The van der Waals surface area contributed by atoms with Crippen molar-refractivity contribution in [1.29, 1.82) is 0 Å². The highest BCUT2D eigenvalue weighted by molar-refractivity contribution is 14.1. The van der Waals surface area contributed by atoms with Crippen molar-refractivity contribution in [3.63, 3.8) is 0 Å². The first kappa shape index (κ1) is 58.6. The quantitative estimate of drug-likeness (QED) is 0.0400. The third-order valence-corrected chi connectivity index (χ3v) is 28.2. The molecule has 0 unspecified atom stereocenters. The van der Waals surface area contributed by atoms with Crippen molar-refractivity contribution >= 4 is 72.8 Å². The van der Waals surface area contributed by atoms with Crippen molar-refractivity contribution in [2.75, 3.05) is 0 Å². The van der Waals surface area contributed by atoms with Crippen LogP contribution in [0, 0.1) is 0 Å². The predicted octanol–water partition coefficient (Wildman–Crippen LogP) is 22.1. The summed E-state index contributed by atoms with van der Waals surface area (Å²) < 4.78 is 6.54. The van der Waals surface area contributed by atoms with Crippen molar-refractivity contribution in [2.24, 2.45) is 0 Å². The standard InChI is InChI=1S/C59H107IOS2Si/c1-11-15-19-23-27-31-35-39-43-58(44-40-36-32-28-24-20-16-12-2)53-55-51(47-52(63-55)64(48(5)6,49(7)8)50(9)10)62-56(53)54(57(58)60)59(61,45-41-37-33-29-25-21-17-13-3)46-42-38-34-30-26-22-18-14-4/h47-50,61H,11-46H2,1-10H3. The molecular formula is C59H107IOS2Si. The van der Waals surface area contributed by atoms with Crippen LogP contribution < -0.4 is 4.50 Å². The van der Waals surface area contributed by atoms with Crippen molar-refractivity contribution in [1.82, 2.24) is 0 Å². The van der Waals surface area contributed by atoms with E-state index in [0.29, 0.717) is 16.6 Å². The zero-order valence-electron chi connectivity index (χ0n) is 44.4. The van der Waals surface area contributed by atoms with Crippen LogP contribution in [-0.2, 0) is 5.41 Å². The molecule has 0 radical (unpaired) electrons. The molecule has 2 aromatic rings. The topological polar surface area (TPSA) is 20.2 Å². The Labute approximate surface area is 422 Å². The second-order valence-electron chi connectivity index (χ2n) is 22.2. The number of allylic oxidation sites excluding steroid dienone is 1. The lowest BCUT2D eigenvalue weighted by Gasteiger charge is -2.42. The van der Waals surface area contributed by atoms with Crippen molar-refractivity contribution in [3.05, 3.63) is 20.1 Å². The first-order valence-electron chi connectivity index (χ1n) is 28.6. The van der Waals surface area contributed by atoms with E-state index in [1.54, 1.807) is 23.0 Å². The molecule has 1 aliphatic rings. The Balaban J connectivity index is 2.15. The van der Waals surface area contributed by atoms with Gasteiger partial charge in [0.15, 0.2) is 0 Å². The summed E-state index contributed by atoms with van der Waals surface area (Å²) in [5.74, 6) is 0. The molecule has 5 heteroatoms. The molecule has 372 valence electrons. The number of halogens is 1. The summed E-state index contributed by atoms with van der Waals surface area (Å²) in [5.41, 5.74) is 4.57. The summed E-state index contributed by atoms with van der Waals surface area (Å²) in [7, 11) is -1.81. The van der Waals surface area contributed by atoms with Crippen LogP contribution in [0.25, 0.3) is 15.0 Å². The van der Waals surface area contributed by atoms with Crippen LogP contribution in [0.1, 0.15) is 311 Å². The van der Waals surface area contributed by atoms with E-state index < -0.39 is 13.7 Å². The van der Waals surface area contributed by atoms with E-state index in [9.17, 15) is 5.11 Å². The highest BCUT2D eigenvalue weighted by atomic mass is 127. The number of aliphatic hydroxyl groups is 1. The summed E-state index contributed by atoms with van der Waals surface area (Å²) in [6.45, 7) is 24.7. The molecule has 0 bridgehead atoms. The Morgan fingerprint density at radius 2 is 0.828 bits per heavy atom. The second-order valence-corrected chi connectivity index (χ2v) is 31.6. The van der Waals surface area contributed by atoms with Gasteiger partial charge in [-0.05, 0) is 81.0 Å².